The van der Waals surface area contributed by atoms with E-state index >= 15 is 0 Å². The number of rotatable bonds is 0. The molecule has 12 heavy (non-hydrogen) atoms. The number of nitrogens with zero attached hydrogens (tertiary/aromatic N) is 2. The zero-order valence-electron chi connectivity index (χ0n) is 6.58. The van der Waals surface area contributed by atoms with Gasteiger partial charge in [0.2, 0.25) is 0 Å². The number of anilines is 1. The maximum atomic E-state index is 5.75. The Bertz CT molecular complexity index is 433. The second kappa shape index (κ2) is 2.62. The summed E-state index contributed by atoms with van der Waals surface area (Å²) in [5, 5.41) is 5.28. The monoisotopic (exact) mass is 273 g/mol. The van der Waals surface area contributed by atoms with E-state index in [9.17, 15) is 0 Å². The number of fused-ring (bicyclic) bond motifs is 1. The van der Waals surface area contributed by atoms with Gasteiger partial charge < -0.3 is 5.73 Å². The summed E-state index contributed by atoms with van der Waals surface area (Å²) in [6.45, 7) is 0. The molecule has 0 amide bonds. The van der Waals surface area contributed by atoms with Gasteiger partial charge >= 0.3 is 0 Å². The normalized spacial score (nSPS) is 10.8. The standard InChI is InChI=1S/C8H8IN3/c1-12-7-3-2-6(10)8(9)5(7)4-11-12/h2-4H,10H2,1H3. The second-order valence-electron chi connectivity index (χ2n) is 2.67. The van der Waals surface area contributed by atoms with Crippen molar-refractivity contribution >= 4 is 39.2 Å². The quantitative estimate of drug-likeness (QED) is 0.587. The molecule has 0 saturated heterocycles. The van der Waals surface area contributed by atoms with Gasteiger partial charge in [-0.25, -0.2) is 0 Å². The average Bonchev–Trinajstić information content (AvgIpc) is 2.41. The third-order valence-electron chi connectivity index (χ3n) is 1.90. The van der Waals surface area contributed by atoms with Crippen LogP contribution in [-0.4, -0.2) is 9.78 Å². The van der Waals surface area contributed by atoms with E-state index in [-0.39, 0.29) is 0 Å². The Kier molecular flexibility index (Phi) is 1.71. The molecular formula is C8H8IN3. The number of benzene rings is 1. The van der Waals surface area contributed by atoms with Gasteiger partial charge in [0, 0.05) is 21.7 Å². The van der Waals surface area contributed by atoms with E-state index in [2.05, 4.69) is 27.7 Å². The fourth-order valence-electron chi connectivity index (χ4n) is 1.21. The molecule has 0 radical (unpaired) electrons. The first-order valence-corrected chi connectivity index (χ1v) is 4.63. The summed E-state index contributed by atoms with van der Waals surface area (Å²) in [6, 6.07) is 3.89. The number of halogens is 1. The third-order valence-corrected chi connectivity index (χ3v) is 3.10. The van der Waals surface area contributed by atoms with Crippen molar-refractivity contribution in [2.24, 2.45) is 7.05 Å². The Morgan fingerprint density at radius 1 is 1.50 bits per heavy atom. The van der Waals surface area contributed by atoms with E-state index in [1.54, 1.807) is 0 Å². The van der Waals surface area contributed by atoms with Gasteiger partial charge in [-0.1, -0.05) is 0 Å². The number of hydrogen-bond donors (Lipinski definition) is 1. The summed E-state index contributed by atoms with van der Waals surface area (Å²) in [5.74, 6) is 0. The lowest BCUT2D eigenvalue weighted by Crippen LogP contribution is -1.91. The molecule has 0 aliphatic carbocycles. The molecule has 1 heterocycles. The number of hydrogen-bond acceptors (Lipinski definition) is 2. The van der Waals surface area contributed by atoms with Crippen LogP contribution in [0.25, 0.3) is 10.9 Å². The number of aryl methyl sites for hydroxylation is 1. The van der Waals surface area contributed by atoms with Crippen LogP contribution in [0.3, 0.4) is 0 Å². The van der Waals surface area contributed by atoms with Crippen LogP contribution in [0, 0.1) is 3.57 Å². The van der Waals surface area contributed by atoms with Crippen LogP contribution in [0.4, 0.5) is 5.69 Å². The summed E-state index contributed by atoms with van der Waals surface area (Å²) in [4.78, 5) is 0. The van der Waals surface area contributed by atoms with Crippen molar-refractivity contribution in [3.05, 3.63) is 21.9 Å². The number of nitrogen functional groups attached to an aromatic ring is 1. The van der Waals surface area contributed by atoms with Crippen LogP contribution >= 0.6 is 22.6 Å². The highest BCUT2D eigenvalue weighted by molar-refractivity contribution is 14.1. The summed E-state index contributed by atoms with van der Waals surface area (Å²) >= 11 is 2.24. The average molecular weight is 273 g/mol. The molecule has 0 fully saturated rings. The Hall–Kier alpha value is -0.780. The minimum absolute atomic E-state index is 0.816. The molecule has 1 aromatic heterocycles. The second-order valence-corrected chi connectivity index (χ2v) is 3.75. The molecule has 0 atom stereocenters. The largest absolute Gasteiger partial charge is 0.398 e. The summed E-state index contributed by atoms with van der Waals surface area (Å²) in [5.41, 5.74) is 7.69. The lowest BCUT2D eigenvalue weighted by Gasteiger charge is -1.99. The molecule has 3 nitrogen and oxygen atoms in total. The first-order valence-electron chi connectivity index (χ1n) is 3.56. The Labute approximate surface area is 83.7 Å². The highest BCUT2D eigenvalue weighted by Crippen LogP contribution is 2.24. The van der Waals surface area contributed by atoms with Crippen LogP contribution in [0.5, 0.6) is 0 Å². The van der Waals surface area contributed by atoms with Crippen molar-refractivity contribution in [1.82, 2.24) is 9.78 Å². The maximum absolute atomic E-state index is 5.75. The van der Waals surface area contributed by atoms with Gasteiger partial charge in [0.15, 0.2) is 0 Å². The summed E-state index contributed by atoms with van der Waals surface area (Å²) in [6.07, 6.45) is 1.84. The highest BCUT2D eigenvalue weighted by Gasteiger charge is 2.04. The Morgan fingerprint density at radius 2 is 2.25 bits per heavy atom. The van der Waals surface area contributed by atoms with Crippen LogP contribution in [0.1, 0.15) is 0 Å². The van der Waals surface area contributed by atoms with Gasteiger partial charge in [0.05, 0.1) is 11.7 Å². The molecular weight excluding hydrogens is 265 g/mol. The van der Waals surface area contributed by atoms with Gasteiger partial charge in [-0.2, -0.15) is 5.10 Å². The first kappa shape index (κ1) is 7.85. The van der Waals surface area contributed by atoms with Crippen molar-refractivity contribution in [2.45, 2.75) is 0 Å². The lowest BCUT2D eigenvalue weighted by atomic mass is 10.2. The Morgan fingerprint density at radius 3 is 3.00 bits per heavy atom. The SMILES string of the molecule is Cn1ncc2c(I)c(N)ccc21. The van der Waals surface area contributed by atoms with E-state index in [4.69, 9.17) is 5.73 Å². The van der Waals surface area contributed by atoms with Crippen LogP contribution in [0.2, 0.25) is 0 Å². The van der Waals surface area contributed by atoms with Gasteiger partial charge in [-0.3, -0.25) is 4.68 Å². The van der Waals surface area contributed by atoms with Gasteiger partial charge in [0.1, 0.15) is 0 Å². The molecule has 0 saturated carbocycles. The fourth-order valence-corrected chi connectivity index (χ4v) is 1.81. The summed E-state index contributed by atoms with van der Waals surface area (Å²) < 4.78 is 2.93. The van der Waals surface area contributed by atoms with E-state index in [0.717, 1.165) is 20.2 Å². The molecule has 2 N–H and O–H groups in total. The van der Waals surface area contributed by atoms with Crippen LogP contribution in [-0.2, 0) is 7.05 Å². The molecule has 4 heteroatoms. The maximum Gasteiger partial charge on any atom is 0.0691 e. The molecule has 0 aliphatic heterocycles. The van der Waals surface area contributed by atoms with Crippen LogP contribution in [0.15, 0.2) is 18.3 Å². The molecule has 1 aromatic carbocycles. The topological polar surface area (TPSA) is 43.8 Å². The molecule has 62 valence electrons. The van der Waals surface area contributed by atoms with E-state index < -0.39 is 0 Å². The van der Waals surface area contributed by atoms with Crippen molar-refractivity contribution in [1.29, 1.82) is 0 Å². The van der Waals surface area contributed by atoms with Gasteiger partial charge in [-0.05, 0) is 34.7 Å². The van der Waals surface area contributed by atoms with Gasteiger partial charge in [0.25, 0.3) is 0 Å². The smallest absolute Gasteiger partial charge is 0.0691 e. The van der Waals surface area contributed by atoms with Crippen molar-refractivity contribution < 1.29 is 0 Å². The number of nitrogens with two attached hydrogens (primary N) is 1. The van der Waals surface area contributed by atoms with E-state index in [1.807, 2.05) is 30.1 Å². The molecule has 2 rings (SSSR count). The predicted octanol–water partition coefficient (Wildman–Crippen LogP) is 1.76. The molecule has 0 unspecified atom stereocenters. The van der Waals surface area contributed by atoms with Crippen LogP contribution < -0.4 is 5.73 Å². The number of aromatic nitrogens is 2. The van der Waals surface area contributed by atoms with E-state index in [1.165, 1.54) is 0 Å². The highest BCUT2D eigenvalue weighted by atomic mass is 127. The van der Waals surface area contributed by atoms with Crippen molar-refractivity contribution in [2.75, 3.05) is 5.73 Å². The molecule has 0 aliphatic rings. The summed E-state index contributed by atoms with van der Waals surface area (Å²) in [7, 11) is 1.93. The molecule has 0 bridgehead atoms. The molecule has 0 spiro atoms. The van der Waals surface area contributed by atoms with Crippen molar-refractivity contribution in [3.8, 4) is 0 Å². The molecule has 2 aromatic rings. The Balaban J connectivity index is 2.93. The minimum Gasteiger partial charge on any atom is -0.398 e. The fraction of sp³-hybridized carbons (Fsp3) is 0.125. The predicted molar refractivity (Wildman–Crippen MR) is 57.8 cm³/mol. The zero-order valence-corrected chi connectivity index (χ0v) is 8.74. The van der Waals surface area contributed by atoms with Gasteiger partial charge in [-0.15, -0.1) is 0 Å². The van der Waals surface area contributed by atoms with Crippen molar-refractivity contribution in [3.63, 3.8) is 0 Å². The minimum atomic E-state index is 0.816. The third kappa shape index (κ3) is 0.979. The zero-order chi connectivity index (χ0) is 8.72. The van der Waals surface area contributed by atoms with E-state index in [0.29, 0.717) is 0 Å². The lowest BCUT2D eigenvalue weighted by molar-refractivity contribution is 0.797. The first-order chi connectivity index (χ1) is 5.70.